The van der Waals surface area contributed by atoms with Crippen molar-refractivity contribution < 1.29 is 9.30 Å². The Balaban J connectivity index is 1.21. The van der Waals surface area contributed by atoms with E-state index in [1.807, 2.05) is 42.2 Å². The molecule has 11 nitrogen and oxygen atoms in total. The number of ether oxygens (including phenoxy) is 1. The number of aromatic nitrogens is 4. The molecule has 0 radical (unpaired) electrons. The lowest BCUT2D eigenvalue weighted by molar-refractivity contribution is 0.121. The Morgan fingerprint density at radius 2 is 1.75 bits per heavy atom. The van der Waals surface area contributed by atoms with Crippen molar-refractivity contribution in [3.8, 4) is 16.9 Å². The van der Waals surface area contributed by atoms with Crippen LogP contribution in [0.3, 0.4) is 0 Å². The fourth-order valence-electron chi connectivity index (χ4n) is 6.82. The summed E-state index contributed by atoms with van der Waals surface area (Å²) in [4.78, 5) is 14.7. The van der Waals surface area contributed by atoms with Crippen molar-refractivity contribution in [2.45, 2.75) is 44.2 Å². The van der Waals surface area contributed by atoms with Crippen LogP contribution in [-0.4, -0.2) is 89.4 Å². The number of nitrogens with zero attached hydrogens (tertiary/aromatic N) is 6. The molecule has 13 heteroatoms. The van der Waals surface area contributed by atoms with Gasteiger partial charge in [-0.1, -0.05) is 12.1 Å². The van der Waals surface area contributed by atoms with Crippen LogP contribution in [0, 0.1) is 0 Å². The Hall–Kier alpha value is -3.44. The molecule has 0 unspecified atom stereocenters. The Bertz CT molecular complexity index is 1790. The summed E-state index contributed by atoms with van der Waals surface area (Å²) in [6, 6.07) is 12.7. The van der Waals surface area contributed by atoms with E-state index in [2.05, 4.69) is 70.1 Å². The zero-order valence-corrected chi connectivity index (χ0v) is 30.4. The van der Waals surface area contributed by atoms with E-state index in [1.165, 1.54) is 12.1 Å². The van der Waals surface area contributed by atoms with Crippen LogP contribution in [0.4, 0.5) is 28.8 Å². The van der Waals surface area contributed by atoms with Gasteiger partial charge in [0.15, 0.2) is 0 Å². The van der Waals surface area contributed by atoms with E-state index in [1.54, 1.807) is 19.5 Å². The standard InChI is InChI=1S/C35H45BrN9O2P/c1-43-23-24(21-39-43)27-19-30(41-35-38-22-28(36)34(42-35)40-29-9-4-5-10-33(29)48(2,3)46)32(47-26-7-6-8-26)20-31(27)45-15-11-25(12-16-45)44-17-13-37-14-18-44/h4-5,9-10,19-23,25-26,37H,6-8,11-18H2,1-3H3,(H2,38,40,41,42). The van der Waals surface area contributed by atoms with Crippen LogP contribution in [0.1, 0.15) is 32.1 Å². The van der Waals surface area contributed by atoms with Crippen LogP contribution in [0.2, 0.25) is 0 Å². The maximum atomic E-state index is 13.0. The fourth-order valence-corrected chi connectivity index (χ4v) is 8.26. The van der Waals surface area contributed by atoms with Gasteiger partial charge >= 0.3 is 0 Å². The number of halogens is 1. The van der Waals surface area contributed by atoms with Crippen molar-refractivity contribution in [2.75, 3.05) is 68.1 Å². The second kappa shape index (κ2) is 14.2. The molecule has 1 saturated carbocycles. The van der Waals surface area contributed by atoms with Gasteiger partial charge in [0.2, 0.25) is 5.95 Å². The molecule has 0 bridgehead atoms. The topological polar surface area (TPSA) is 112 Å². The molecule has 2 saturated heterocycles. The Labute approximate surface area is 291 Å². The molecule has 0 atom stereocenters. The number of nitrogens with one attached hydrogen (secondary N) is 3. The third-order valence-corrected chi connectivity index (χ3v) is 11.8. The van der Waals surface area contributed by atoms with Gasteiger partial charge in [-0.15, -0.1) is 0 Å². The first-order valence-corrected chi connectivity index (χ1v) is 20.4. The number of aryl methyl sites for hydroxylation is 1. The van der Waals surface area contributed by atoms with Crippen LogP contribution in [-0.2, 0) is 11.6 Å². The summed E-state index contributed by atoms with van der Waals surface area (Å²) in [5, 5.41) is 15.7. The second-order valence-electron chi connectivity index (χ2n) is 13.5. The lowest BCUT2D eigenvalue weighted by Crippen LogP contribution is -2.52. The smallest absolute Gasteiger partial charge is 0.229 e. The summed E-state index contributed by atoms with van der Waals surface area (Å²) < 4.78 is 22.2. The first-order chi connectivity index (χ1) is 23.2. The number of hydrogen-bond donors (Lipinski definition) is 3. The summed E-state index contributed by atoms with van der Waals surface area (Å²) in [6.07, 6.45) is 11.5. The molecule has 4 aromatic rings. The van der Waals surface area contributed by atoms with Crippen LogP contribution in [0.15, 0.2) is 59.5 Å². The molecule has 3 aliphatic rings. The molecule has 48 heavy (non-hydrogen) atoms. The fraction of sp³-hybridized carbons (Fsp3) is 0.457. The maximum Gasteiger partial charge on any atom is 0.229 e. The predicted octanol–water partition coefficient (Wildman–Crippen LogP) is 6.18. The van der Waals surface area contributed by atoms with Gasteiger partial charge in [0.25, 0.3) is 0 Å². The van der Waals surface area contributed by atoms with Crippen molar-refractivity contribution in [1.29, 1.82) is 0 Å². The third-order valence-electron chi connectivity index (χ3n) is 9.66. The Morgan fingerprint density at radius 1 is 0.979 bits per heavy atom. The van der Waals surface area contributed by atoms with Crippen molar-refractivity contribution in [1.82, 2.24) is 30.0 Å². The quantitative estimate of drug-likeness (QED) is 0.164. The van der Waals surface area contributed by atoms with E-state index in [4.69, 9.17) is 9.72 Å². The molecule has 1 aliphatic carbocycles. The van der Waals surface area contributed by atoms with E-state index >= 15 is 0 Å². The SMILES string of the molecule is Cn1cc(-c2cc(Nc3ncc(Br)c(Nc4ccccc4P(C)(C)=O)n3)c(OC3CCC3)cc2N2CCC(N3CCNCC3)CC2)cn1. The third kappa shape index (κ3) is 7.42. The van der Waals surface area contributed by atoms with Crippen molar-refractivity contribution in [3.05, 3.63) is 59.5 Å². The van der Waals surface area contributed by atoms with Crippen molar-refractivity contribution in [3.63, 3.8) is 0 Å². The van der Waals surface area contributed by atoms with Gasteiger partial charge in [0.05, 0.1) is 28.1 Å². The normalized spacial score (nSPS) is 18.0. The molecule has 3 fully saturated rings. The maximum absolute atomic E-state index is 13.0. The summed E-state index contributed by atoms with van der Waals surface area (Å²) in [5.41, 5.74) is 4.88. The Kier molecular flexibility index (Phi) is 9.78. The minimum atomic E-state index is -2.52. The first kappa shape index (κ1) is 33.1. The zero-order chi connectivity index (χ0) is 33.3. The highest BCUT2D eigenvalue weighted by Gasteiger charge is 2.29. The highest BCUT2D eigenvalue weighted by atomic mass is 79.9. The molecule has 254 valence electrons. The van der Waals surface area contributed by atoms with Gasteiger partial charge < -0.3 is 30.2 Å². The molecule has 0 amide bonds. The highest BCUT2D eigenvalue weighted by molar-refractivity contribution is 9.10. The number of benzene rings is 2. The van der Waals surface area contributed by atoms with E-state index in [0.717, 1.165) is 98.5 Å². The minimum absolute atomic E-state index is 0.194. The summed E-state index contributed by atoms with van der Waals surface area (Å²) in [7, 11) is -0.570. The summed E-state index contributed by atoms with van der Waals surface area (Å²) in [5.74, 6) is 1.80. The molecule has 2 aromatic heterocycles. The molecule has 3 N–H and O–H groups in total. The van der Waals surface area contributed by atoms with Gasteiger partial charge in [-0.25, -0.2) is 4.98 Å². The molecule has 0 spiro atoms. The molecule has 7 rings (SSSR count). The number of anilines is 5. The average Bonchev–Trinajstić information content (AvgIpc) is 3.51. The molecule has 2 aliphatic heterocycles. The summed E-state index contributed by atoms with van der Waals surface area (Å²) in [6.45, 7) is 9.95. The van der Waals surface area contributed by atoms with Gasteiger partial charge in [-0.05, 0) is 79.6 Å². The van der Waals surface area contributed by atoms with Crippen LogP contribution < -0.4 is 30.9 Å². The number of piperazine rings is 1. The second-order valence-corrected chi connectivity index (χ2v) is 17.5. The van der Waals surface area contributed by atoms with Crippen LogP contribution in [0.5, 0.6) is 5.75 Å². The van der Waals surface area contributed by atoms with Gasteiger partial charge in [0, 0.05) is 92.9 Å². The number of para-hydroxylation sites is 1. The first-order valence-electron chi connectivity index (χ1n) is 17.0. The van der Waals surface area contributed by atoms with E-state index < -0.39 is 7.14 Å². The zero-order valence-electron chi connectivity index (χ0n) is 28.0. The monoisotopic (exact) mass is 733 g/mol. The van der Waals surface area contributed by atoms with Crippen LogP contribution >= 0.6 is 23.1 Å². The molecular weight excluding hydrogens is 689 g/mol. The lowest BCUT2D eigenvalue weighted by Gasteiger charge is -2.41. The van der Waals surface area contributed by atoms with Gasteiger partial charge in [-0.3, -0.25) is 9.58 Å². The predicted molar refractivity (Wildman–Crippen MR) is 198 cm³/mol. The largest absolute Gasteiger partial charge is 0.488 e. The van der Waals surface area contributed by atoms with Gasteiger partial charge in [0.1, 0.15) is 18.7 Å². The minimum Gasteiger partial charge on any atom is -0.488 e. The van der Waals surface area contributed by atoms with E-state index in [-0.39, 0.29) is 6.10 Å². The van der Waals surface area contributed by atoms with Crippen LogP contribution in [0.25, 0.3) is 11.1 Å². The molecular formula is C35H45BrN9O2P. The van der Waals surface area contributed by atoms with Gasteiger partial charge in [-0.2, -0.15) is 10.1 Å². The van der Waals surface area contributed by atoms with Crippen molar-refractivity contribution in [2.24, 2.45) is 7.05 Å². The number of rotatable bonds is 10. The Morgan fingerprint density at radius 3 is 2.44 bits per heavy atom. The molecule has 4 heterocycles. The number of piperidine rings is 1. The average molecular weight is 735 g/mol. The lowest BCUT2D eigenvalue weighted by atomic mass is 9.95. The highest BCUT2D eigenvalue weighted by Crippen LogP contribution is 2.43. The van der Waals surface area contributed by atoms with Crippen molar-refractivity contribution >= 4 is 57.2 Å². The van der Waals surface area contributed by atoms with E-state index in [0.29, 0.717) is 22.3 Å². The number of hydrogen-bond acceptors (Lipinski definition) is 10. The summed E-state index contributed by atoms with van der Waals surface area (Å²) >= 11 is 3.61. The molecule has 2 aromatic carbocycles. The van der Waals surface area contributed by atoms with E-state index in [9.17, 15) is 4.57 Å².